The van der Waals surface area contributed by atoms with Crippen LogP contribution in [0, 0.1) is 17.0 Å². The molecule has 0 aliphatic carbocycles. The van der Waals surface area contributed by atoms with Crippen LogP contribution in [0.15, 0.2) is 29.4 Å². The van der Waals surface area contributed by atoms with Gasteiger partial charge in [0.2, 0.25) is 0 Å². The van der Waals surface area contributed by atoms with E-state index < -0.39 is 4.92 Å². The molecule has 0 heterocycles. The number of hydrogen-bond acceptors (Lipinski definition) is 3. The SMILES string of the molecule is Cc1cccc(C=CCN=[N+]=[N-])c1[N+](=O)[O-]. The molecule has 6 nitrogen and oxygen atoms in total. The molecule has 0 fully saturated rings. The molecule has 0 aliphatic rings. The van der Waals surface area contributed by atoms with Gasteiger partial charge >= 0.3 is 0 Å². The molecular formula is C10H10N4O2. The molecule has 16 heavy (non-hydrogen) atoms. The van der Waals surface area contributed by atoms with Crippen LogP contribution in [-0.4, -0.2) is 11.5 Å². The van der Waals surface area contributed by atoms with Crippen molar-refractivity contribution in [2.75, 3.05) is 6.54 Å². The Hall–Kier alpha value is -2.33. The fourth-order valence-corrected chi connectivity index (χ4v) is 1.33. The van der Waals surface area contributed by atoms with Gasteiger partial charge in [-0.25, -0.2) is 0 Å². The molecule has 0 saturated heterocycles. The van der Waals surface area contributed by atoms with Crippen molar-refractivity contribution >= 4 is 11.8 Å². The Labute approximate surface area is 92.0 Å². The van der Waals surface area contributed by atoms with E-state index in [4.69, 9.17) is 5.53 Å². The lowest BCUT2D eigenvalue weighted by Gasteiger charge is -2.00. The smallest absolute Gasteiger partial charge is 0.258 e. The Morgan fingerprint density at radius 2 is 2.38 bits per heavy atom. The monoisotopic (exact) mass is 218 g/mol. The van der Waals surface area contributed by atoms with Crippen molar-refractivity contribution in [3.8, 4) is 0 Å². The van der Waals surface area contributed by atoms with Crippen LogP contribution >= 0.6 is 0 Å². The van der Waals surface area contributed by atoms with Gasteiger partial charge in [-0.15, -0.1) is 0 Å². The van der Waals surface area contributed by atoms with Crippen LogP contribution in [0.5, 0.6) is 0 Å². The number of azide groups is 1. The molecule has 1 aromatic rings. The minimum Gasteiger partial charge on any atom is -0.258 e. The highest BCUT2D eigenvalue weighted by Crippen LogP contribution is 2.23. The third-order valence-corrected chi connectivity index (χ3v) is 2.00. The van der Waals surface area contributed by atoms with Crippen molar-refractivity contribution in [2.45, 2.75) is 6.92 Å². The molecule has 0 N–H and O–H groups in total. The first-order chi connectivity index (χ1) is 7.66. The van der Waals surface area contributed by atoms with Gasteiger partial charge in [0.1, 0.15) is 0 Å². The highest BCUT2D eigenvalue weighted by molar-refractivity contribution is 5.63. The lowest BCUT2D eigenvalue weighted by atomic mass is 10.1. The summed E-state index contributed by atoms with van der Waals surface area (Å²) in [5.41, 5.74) is 9.27. The van der Waals surface area contributed by atoms with Gasteiger partial charge in [0, 0.05) is 17.0 Å². The summed E-state index contributed by atoms with van der Waals surface area (Å²) in [6.45, 7) is 1.87. The Morgan fingerprint density at radius 3 is 3.00 bits per heavy atom. The molecule has 82 valence electrons. The molecule has 0 unspecified atom stereocenters. The molecule has 0 bridgehead atoms. The fourth-order valence-electron chi connectivity index (χ4n) is 1.33. The number of para-hydroxylation sites is 1. The van der Waals surface area contributed by atoms with Gasteiger partial charge < -0.3 is 0 Å². The highest BCUT2D eigenvalue weighted by atomic mass is 16.6. The summed E-state index contributed by atoms with van der Waals surface area (Å²) in [7, 11) is 0. The summed E-state index contributed by atoms with van der Waals surface area (Å²) in [5.74, 6) is 0. The van der Waals surface area contributed by atoms with Crippen LogP contribution in [0.25, 0.3) is 16.5 Å². The quantitative estimate of drug-likeness (QED) is 0.255. The van der Waals surface area contributed by atoms with Crippen LogP contribution in [0.3, 0.4) is 0 Å². The minimum absolute atomic E-state index is 0.0830. The van der Waals surface area contributed by atoms with Crippen LogP contribution in [0.4, 0.5) is 5.69 Å². The largest absolute Gasteiger partial charge is 0.279 e. The topological polar surface area (TPSA) is 91.9 Å². The number of hydrogen-bond donors (Lipinski definition) is 0. The lowest BCUT2D eigenvalue weighted by Crippen LogP contribution is -1.94. The van der Waals surface area contributed by atoms with Crippen molar-refractivity contribution in [3.63, 3.8) is 0 Å². The Balaban J connectivity index is 3.04. The molecule has 0 aromatic heterocycles. The van der Waals surface area contributed by atoms with Crippen molar-refractivity contribution in [1.82, 2.24) is 0 Å². The second-order valence-electron chi connectivity index (χ2n) is 3.09. The predicted molar refractivity (Wildman–Crippen MR) is 60.9 cm³/mol. The summed E-state index contributed by atoms with van der Waals surface area (Å²) >= 11 is 0. The highest BCUT2D eigenvalue weighted by Gasteiger charge is 2.13. The third-order valence-electron chi connectivity index (χ3n) is 2.00. The number of rotatable bonds is 4. The van der Waals surface area contributed by atoms with E-state index >= 15 is 0 Å². The van der Waals surface area contributed by atoms with Crippen LogP contribution < -0.4 is 0 Å². The Bertz CT molecular complexity index is 476. The minimum atomic E-state index is -0.414. The van der Waals surface area contributed by atoms with E-state index in [1.54, 1.807) is 37.3 Å². The van der Waals surface area contributed by atoms with Gasteiger partial charge in [-0.05, 0) is 18.5 Å². The molecule has 0 amide bonds. The van der Waals surface area contributed by atoms with Gasteiger partial charge in [-0.1, -0.05) is 29.4 Å². The summed E-state index contributed by atoms with van der Waals surface area (Å²) in [6.07, 6.45) is 3.17. The van der Waals surface area contributed by atoms with E-state index in [0.717, 1.165) is 0 Å². The van der Waals surface area contributed by atoms with Gasteiger partial charge in [0.15, 0.2) is 0 Å². The number of benzene rings is 1. The second-order valence-corrected chi connectivity index (χ2v) is 3.09. The molecule has 0 spiro atoms. The fraction of sp³-hybridized carbons (Fsp3) is 0.200. The summed E-state index contributed by atoms with van der Waals surface area (Å²) in [4.78, 5) is 13.0. The number of nitro groups is 1. The first-order valence-corrected chi connectivity index (χ1v) is 4.58. The molecule has 0 atom stereocenters. The molecule has 1 rings (SSSR count). The number of nitro benzene ring substituents is 1. The van der Waals surface area contributed by atoms with E-state index in [9.17, 15) is 10.1 Å². The molecule has 0 aliphatic heterocycles. The average molecular weight is 218 g/mol. The molecular weight excluding hydrogens is 208 g/mol. The molecule has 0 saturated carbocycles. The summed E-state index contributed by atoms with van der Waals surface area (Å²) < 4.78 is 0. The maximum absolute atomic E-state index is 10.8. The van der Waals surface area contributed by atoms with Gasteiger partial charge in [-0.3, -0.25) is 10.1 Å². The normalized spacial score (nSPS) is 10.1. The van der Waals surface area contributed by atoms with Gasteiger partial charge in [0.05, 0.1) is 10.5 Å². The number of nitrogens with zero attached hydrogens (tertiary/aromatic N) is 4. The maximum Gasteiger partial charge on any atom is 0.279 e. The van der Waals surface area contributed by atoms with Crippen LogP contribution in [-0.2, 0) is 0 Å². The zero-order chi connectivity index (χ0) is 12.0. The van der Waals surface area contributed by atoms with E-state index in [0.29, 0.717) is 11.1 Å². The first-order valence-electron chi connectivity index (χ1n) is 4.58. The zero-order valence-electron chi connectivity index (χ0n) is 8.70. The predicted octanol–water partition coefficient (Wildman–Crippen LogP) is 3.23. The Morgan fingerprint density at radius 1 is 1.62 bits per heavy atom. The average Bonchev–Trinajstić information content (AvgIpc) is 2.24. The number of aryl methyl sites for hydroxylation is 1. The van der Waals surface area contributed by atoms with E-state index in [1.807, 2.05) is 0 Å². The summed E-state index contributed by atoms with van der Waals surface area (Å²) in [5, 5.41) is 14.1. The molecule has 0 radical (unpaired) electrons. The van der Waals surface area contributed by atoms with Crippen molar-refractivity contribution < 1.29 is 4.92 Å². The van der Waals surface area contributed by atoms with Crippen molar-refractivity contribution in [2.24, 2.45) is 5.11 Å². The summed E-state index contributed by atoms with van der Waals surface area (Å²) in [6, 6.07) is 5.08. The van der Waals surface area contributed by atoms with E-state index in [1.165, 1.54) is 0 Å². The second kappa shape index (κ2) is 5.53. The van der Waals surface area contributed by atoms with Crippen LogP contribution in [0.2, 0.25) is 0 Å². The van der Waals surface area contributed by atoms with Crippen molar-refractivity contribution in [3.05, 3.63) is 56.0 Å². The molecule has 6 heteroatoms. The first kappa shape index (κ1) is 11.7. The van der Waals surface area contributed by atoms with E-state index in [2.05, 4.69) is 10.0 Å². The zero-order valence-corrected chi connectivity index (χ0v) is 8.70. The van der Waals surface area contributed by atoms with E-state index in [-0.39, 0.29) is 12.2 Å². The third kappa shape index (κ3) is 2.83. The molecule has 1 aromatic carbocycles. The Kier molecular flexibility index (Phi) is 4.06. The maximum atomic E-state index is 10.8. The standard InChI is InChI=1S/C10H10N4O2/c1-8-4-2-5-9(10(8)14(15)16)6-3-7-12-13-11/h2-6H,7H2,1H3. The lowest BCUT2D eigenvalue weighted by molar-refractivity contribution is -0.385. The van der Waals surface area contributed by atoms with Gasteiger partial charge in [-0.2, -0.15) is 0 Å². The van der Waals surface area contributed by atoms with Crippen LogP contribution in [0.1, 0.15) is 11.1 Å². The van der Waals surface area contributed by atoms with Gasteiger partial charge in [0.25, 0.3) is 5.69 Å². The van der Waals surface area contributed by atoms with Crippen molar-refractivity contribution in [1.29, 1.82) is 0 Å².